The molecule has 0 aliphatic heterocycles. The Kier molecular flexibility index (Phi) is 4.77. The summed E-state index contributed by atoms with van der Waals surface area (Å²) in [7, 11) is 0. The van der Waals surface area contributed by atoms with Crippen LogP contribution >= 0.6 is 0 Å². The van der Waals surface area contributed by atoms with E-state index in [1.165, 1.54) is 6.42 Å². The highest BCUT2D eigenvalue weighted by Gasteiger charge is 2.38. The molecule has 1 aromatic heterocycles. The lowest BCUT2D eigenvalue weighted by atomic mass is 9.76. The van der Waals surface area contributed by atoms with E-state index in [4.69, 9.17) is 10.8 Å². The van der Waals surface area contributed by atoms with Crippen LogP contribution in [-0.4, -0.2) is 29.2 Å². The number of rotatable bonds is 3. The first-order valence-electron chi connectivity index (χ1n) is 9.24. The summed E-state index contributed by atoms with van der Waals surface area (Å²) in [6, 6.07) is 0.172. The number of hydrogen-bond acceptors (Lipinski definition) is 3. The molecule has 0 saturated heterocycles. The highest BCUT2D eigenvalue weighted by atomic mass is 16.4. The molecule has 1 heterocycles. The van der Waals surface area contributed by atoms with Gasteiger partial charge in [-0.05, 0) is 25.2 Å². The van der Waals surface area contributed by atoms with Crippen molar-refractivity contribution in [2.75, 3.05) is 6.54 Å². The molecule has 0 aromatic carbocycles. The van der Waals surface area contributed by atoms with Crippen molar-refractivity contribution >= 4 is 11.7 Å². The number of nitrogens with zero attached hydrogens (tertiary/aromatic N) is 1. The molecule has 0 bridgehead atoms. The third kappa shape index (κ3) is 3.38. The SMILES string of the molecule is C#CCN(C(=O)c1oc2c(c1C)C(=O)CC(C)(C)C2)C1CCCCC1. The van der Waals surface area contributed by atoms with E-state index in [0.717, 1.165) is 25.7 Å². The molecule has 0 unspecified atom stereocenters. The van der Waals surface area contributed by atoms with Gasteiger partial charge in [-0.3, -0.25) is 9.59 Å². The molecule has 3 rings (SSSR count). The molecule has 25 heavy (non-hydrogen) atoms. The normalized spacial score (nSPS) is 20.0. The minimum absolute atomic E-state index is 0.0766. The second kappa shape index (κ2) is 6.71. The number of ketones is 1. The van der Waals surface area contributed by atoms with Crippen molar-refractivity contribution in [1.29, 1.82) is 0 Å². The van der Waals surface area contributed by atoms with Crippen molar-refractivity contribution in [3.05, 3.63) is 22.6 Å². The highest BCUT2D eigenvalue weighted by molar-refractivity contribution is 6.03. The van der Waals surface area contributed by atoms with E-state index in [1.807, 2.05) is 6.92 Å². The van der Waals surface area contributed by atoms with Crippen molar-refractivity contribution in [2.45, 2.75) is 71.8 Å². The van der Waals surface area contributed by atoms with Crippen LogP contribution in [0.2, 0.25) is 0 Å². The van der Waals surface area contributed by atoms with E-state index in [-0.39, 0.29) is 29.7 Å². The Hall–Kier alpha value is -2.02. The van der Waals surface area contributed by atoms with Gasteiger partial charge in [-0.2, -0.15) is 0 Å². The van der Waals surface area contributed by atoms with Crippen LogP contribution in [0.5, 0.6) is 0 Å². The Morgan fingerprint density at radius 3 is 2.60 bits per heavy atom. The Balaban J connectivity index is 1.94. The second-order valence-corrected chi connectivity index (χ2v) is 8.22. The minimum atomic E-state index is -0.164. The van der Waals surface area contributed by atoms with Crippen LogP contribution in [-0.2, 0) is 6.42 Å². The molecule has 2 aliphatic rings. The fourth-order valence-corrected chi connectivity index (χ4v) is 4.27. The fraction of sp³-hybridized carbons (Fsp3) is 0.619. The number of Topliss-reactive ketones (excluding diaryl/α,β-unsaturated/α-hetero) is 1. The summed E-state index contributed by atoms with van der Waals surface area (Å²) in [4.78, 5) is 27.5. The molecule has 134 valence electrons. The summed E-state index contributed by atoms with van der Waals surface area (Å²) in [5.74, 6) is 3.49. The van der Waals surface area contributed by atoms with Gasteiger partial charge in [0.2, 0.25) is 0 Å². The van der Waals surface area contributed by atoms with Gasteiger partial charge in [-0.15, -0.1) is 6.42 Å². The van der Waals surface area contributed by atoms with Crippen molar-refractivity contribution in [3.63, 3.8) is 0 Å². The zero-order valence-electron chi connectivity index (χ0n) is 15.5. The molecular weight excluding hydrogens is 314 g/mol. The highest BCUT2D eigenvalue weighted by Crippen LogP contribution is 2.39. The second-order valence-electron chi connectivity index (χ2n) is 8.22. The smallest absolute Gasteiger partial charge is 0.290 e. The zero-order valence-corrected chi connectivity index (χ0v) is 15.5. The summed E-state index contributed by atoms with van der Waals surface area (Å²) >= 11 is 0. The third-order valence-corrected chi connectivity index (χ3v) is 5.51. The minimum Gasteiger partial charge on any atom is -0.455 e. The molecule has 1 saturated carbocycles. The van der Waals surface area contributed by atoms with Gasteiger partial charge in [0, 0.05) is 24.4 Å². The molecule has 0 atom stereocenters. The molecular formula is C21H27NO3. The van der Waals surface area contributed by atoms with Crippen molar-refractivity contribution in [1.82, 2.24) is 4.90 Å². The van der Waals surface area contributed by atoms with Gasteiger partial charge in [-0.1, -0.05) is 39.0 Å². The number of fused-ring (bicyclic) bond motifs is 1. The quantitative estimate of drug-likeness (QED) is 0.776. The van der Waals surface area contributed by atoms with Crippen molar-refractivity contribution < 1.29 is 14.0 Å². The van der Waals surface area contributed by atoms with Crippen LogP contribution in [0, 0.1) is 24.7 Å². The molecule has 0 N–H and O–H groups in total. The van der Waals surface area contributed by atoms with Crippen LogP contribution in [0.15, 0.2) is 4.42 Å². The number of terminal acetylenes is 1. The Labute approximate surface area is 150 Å². The van der Waals surface area contributed by atoms with E-state index < -0.39 is 0 Å². The van der Waals surface area contributed by atoms with Crippen LogP contribution < -0.4 is 0 Å². The molecule has 4 heteroatoms. The summed E-state index contributed by atoms with van der Waals surface area (Å²) in [5.41, 5.74) is 1.17. The van der Waals surface area contributed by atoms with E-state index in [9.17, 15) is 9.59 Å². The largest absolute Gasteiger partial charge is 0.455 e. The van der Waals surface area contributed by atoms with Gasteiger partial charge in [0.25, 0.3) is 5.91 Å². The number of furan rings is 1. The van der Waals surface area contributed by atoms with E-state index in [0.29, 0.717) is 35.5 Å². The molecule has 1 aromatic rings. The monoisotopic (exact) mass is 341 g/mol. The Morgan fingerprint density at radius 2 is 1.96 bits per heavy atom. The predicted molar refractivity (Wildman–Crippen MR) is 96.6 cm³/mol. The maximum Gasteiger partial charge on any atom is 0.290 e. The average Bonchev–Trinajstić information content (AvgIpc) is 2.88. The maximum absolute atomic E-state index is 13.2. The molecule has 1 amide bonds. The summed E-state index contributed by atoms with van der Waals surface area (Å²) in [5, 5.41) is 0. The summed E-state index contributed by atoms with van der Waals surface area (Å²) < 4.78 is 5.94. The number of hydrogen-bond donors (Lipinski definition) is 0. The first-order chi connectivity index (χ1) is 11.8. The van der Waals surface area contributed by atoms with Crippen LogP contribution in [0.4, 0.5) is 0 Å². The van der Waals surface area contributed by atoms with E-state index in [2.05, 4.69) is 19.8 Å². The van der Waals surface area contributed by atoms with Crippen LogP contribution in [0.25, 0.3) is 0 Å². The Bertz CT molecular complexity index is 729. The maximum atomic E-state index is 13.2. The number of amides is 1. The Morgan fingerprint density at radius 1 is 1.28 bits per heavy atom. The van der Waals surface area contributed by atoms with E-state index in [1.54, 1.807) is 4.90 Å². The predicted octanol–water partition coefficient (Wildman–Crippen LogP) is 4.15. The number of carbonyl (C=O) groups is 2. The van der Waals surface area contributed by atoms with Gasteiger partial charge >= 0.3 is 0 Å². The molecule has 0 radical (unpaired) electrons. The lowest BCUT2D eigenvalue weighted by molar-refractivity contribution is 0.0629. The van der Waals surface area contributed by atoms with Crippen molar-refractivity contribution in [2.24, 2.45) is 5.41 Å². The van der Waals surface area contributed by atoms with Crippen LogP contribution in [0.3, 0.4) is 0 Å². The first kappa shape index (κ1) is 17.8. The topological polar surface area (TPSA) is 50.5 Å². The molecule has 2 aliphatic carbocycles. The summed E-state index contributed by atoms with van der Waals surface area (Å²) in [6.45, 7) is 6.22. The zero-order chi connectivity index (χ0) is 18.2. The summed E-state index contributed by atoms with van der Waals surface area (Å²) in [6.07, 6.45) is 12.1. The fourth-order valence-electron chi connectivity index (χ4n) is 4.27. The molecule has 1 fully saturated rings. The molecule has 0 spiro atoms. The van der Waals surface area contributed by atoms with Crippen LogP contribution in [0.1, 0.15) is 84.6 Å². The van der Waals surface area contributed by atoms with E-state index >= 15 is 0 Å². The van der Waals surface area contributed by atoms with Gasteiger partial charge in [-0.25, -0.2) is 0 Å². The van der Waals surface area contributed by atoms with Crippen molar-refractivity contribution in [3.8, 4) is 12.3 Å². The number of carbonyl (C=O) groups excluding carboxylic acids is 2. The molecule has 4 nitrogen and oxygen atoms in total. The first-order valence-corrected chi connectivity index (χ1v) is 9.24. The van der Waals surface area contributed by atoms with Gasteiger partial charge in [0.1, 0.15) is 5.76 Å². The average molecular weight is 341 g/mol. The van der Waals surface area contributed by atoms with Gasteiger partial charge in [0.15, 0.2) is 11.5 Å². The lowest BCUT2D eigenvalue weighted by Gasteiger charge is -2.32. The standard InChI is InChI=1S/C21H27NO3/c1-5-11-22(15-9-7-6-8-10-15)20(24)19-14(2)18-16(23)12-21(3,4)13-17(18)25-19/h1,15H,6-13H2,2-4H3. The third-order valence-electron chi connectivity index (χ3n) is 5.51. The lowest BCUT2D eigenvalue weighted by Crippen LogP contribution is -2.41. The van der Waals surface area contributed by atoms with Gasteiger partial charge < -0.3 is 9.32 Å². The van der Waals surface area contributed by atoms with Gasteiger partial charge in [0.05, 0.1) is 12.1 Å².